The van der Waals surface area contributed by atoms with E-state index < -0.39 is 0 Å². The van der Waals surface area contributed by atoms with Crippen molar-refractivity contribution in [3.8, 4) is 11.5 Å². The molecule has 1 atom stereocenters. The van der Waals surface area contributed by atoms with Gasteiger partial charge in [0.05, 0.1) is 7.11 Å². The number of carbonyl (C=O) groups is 1. The van der Waals surface area contributed by atoms with E-state index in [1.165, 1.54) is 0 Å². The fourth-order valence-electron chi connectivity index (χ4n) is 2.53. The minimum absolute atomic E-state index is 0.0938. The van der Waals surface area contributed by atoms with Crippen LogP contribution in [-0.2, 0) is 4.79 Å². The van der Waals surface area contributed by atoms with Crippen LogP contribution in [0.25, 0.3) is 0 Å². The molecule has 1 aromatic carbocycles. The van der Waals surface area contributed by atoms with Crippen molar-refractivity contribution in [2.75, 3.05) is 7.11 Å². The van der Waals surface area contributed by atoms with Gasteiger partial charge in [-0.1, -0.05) is 0 Å². The van der Waals surface area contributed by atoms with Gasteiger partial charge in [0.1, 0.15) is 17.1 Å². The maximum absolute atomic E-state index is 11.2. The first kappa shape index (κ1) is 12.7. The van der Waals surface area contributed by atoms with Gasteiger partial charge in [-0.15, -0.1) is 0 Å². The number of hydrogen-bond donors (Lipinski definition) is 1. The van der Waals surface area contributed by atoms with Crippen LogP contribution in [0.15, 0.2) is 18.2 Å². The summed E-state index contributed by atoms with van der Waals surface area (Å²) in [7, 11) is 1.62. The topological polar surface area (TPSA) is 61.5 Å². The molecule has 2 N–H and O–H groups in total. The smallest absolute Gasteiger partial charge is 0.218 e. The second-order valence-corrected chi connectivity index (χ2v) is 5.34. The Labute approximate surface area is 107 Å². The third-order valence-electron chi connectivity index (χ3n) is 3.23. The molecule has 0 bridgehead atoms. The summed E-state index contributed by atoms with van der Waals surface area (Å²) in [6.07, 6.45) is 1.11. The van der Waals surface area contributed by atoms with Crippen molar-refractivity contribution in [3.63, 3.8) is 0 Å². The molecular weight excluding hydrogens is 230 g/mol. The first-order valence-electron chi connectivity index (χ1n) is 6.06. The van der Waals surface area contributed by atoms with Crippen LogP contribution in [0.2, 0.25) is 0 Å². The molecule has 0 aliphatic carbocycles. The first-order valence-corrected chi connectivity index (χ1v) is 6.06. The minimum Gasteiger partial charge on any atom is -0.497 e. The Kier molecular flexibility index (Phi) is 3.20. The van der Waals surface area contributed by atoms with Gasteiger partial charge in [-0.05, 0) is 38.5 Å². The van der Waals surface area contributed by atoms with Gasteiger partial charge in [-0.25, -0.2) is 0 Å². The fourth-order valence-corrected chi connectivity index (χ4v) is 2.53. The molecule has 0 aromatic heterocycles. The standard InChI is InChI=1S/C14H19NO3/c1-14(2)8-9(6-13(15)16)11-7-10(17-3)4-5-12(11)18-14/h4-5,7,9H,6,8H2,1-3H3,(H2,15,16). The molecule has 1 amide bonds. The molecule has 98 valence electrons. The molecule has 1 unspecified atom stereocenters. The number of carbonyl (C=O) groups excluding carboxylic acids is 1. The summed E-state index contributed by atoms with van der Waals surface area (Å²) in [4.78, 5) is 11.2. The molecule has 2 rings (SSSR count). The molecule has 4 nitrogen and oxygen atoms in total. The highest BCUT2D eigenvalue weighted by Crippen LogP contribution is 2.43. The summed E-state index contributed by atoms with van der Waals surface area (Å²) in [5.41, 5.74) is 6.06. The van der Waals surface area contributed by atoms with Crippen molar-refractivity contribution in [3.05, 3.63) is 23.8 Å². The third kappa shape index (κ3) is 2.58. The molecule has 0 radical (unpaired) electrons. The van der Waals surface area contributed by atoms with Crippen LogP contribution in [0.4, 0.5) is 0 Å². The van der Waals surface area contributed by atoms with E-state index in [9.17, 15) is 4.79 Å². The summed E-state index contributed by atoms with van der Waals surface area (Å²) in [6, 6.07) is 5.68. The average Bonchev–Trinajstić information content (AvgIpc) is 2.26. The summed E-state index contributed by atoms with van der Waals surface area (Å²) >= 11 is 0. The van der Waals surface area contributed by atoms with Crippen LogP contribution in [-0.4, -0.2) is 18.6 Å². The van der Waals surface area contributed by atoms with Crippen LogP contribution in [0, 0.1) is 0 Å². The Morgan fingerprint density at radius 3 is 2.89 bits per heavy atom. The molecule has 18 heavy (non-hydrogen) atoms. The van der Waals surface area contributed by atoms with Crippen molar-refractivity contribution in [2.24, 2.45) is 5.73 Å². The zero-order chi connectivity index (χ0) is 13.3. The summed E-state index contributed by atoms with van der Waals surface area (Å²) < 4.78 is 11.1. The van der Waals surface area contributed by atoms with Gasteiger partial charge in [0.2, 0.25) is 5.91 Å². The lowest BCUT2D eigenvalue weighted by molar-refractivity contribution is -0.118. The fraction of sp³-hybridized carbons (Fsp3) is 0.500. The monoisotopic (exact) mass is 249 g/mol. The SMILES string of the molecule is COc1ccc2c(c1)C(CC(N)=O)CC(C)(C)O2. The minimum atomic E-state index is -0.286. The third-order valence-corrected chi connectivity index (χ3v) is 3.23. The van der Waals surface area contributed by atoms with E-state index in [4.69, 9.17) is 15.2 Å². The lowest BCUT2D eigenvalue weighted by atomic mass is 9.82. The molecule has 0 fully saturated rings. The molecule has 0 saturated carbocycles. The number of ether oxygens (including phenoxy) is 2. The van der Waals surface area contributed by atoms with Crippen molar-refractivity contribution in [1.82, 2.24) is 0 Å². The number of methoxy groups -OCH3 is 1. The number of rotatable bonds is 3. The van der Waals surface area contributed by atoms with E-state index in [0.717, 1.165) is 23.5 Å². The van der Waals surface area contributed by atoms with Gasteiger partial charge in [0, 0.05) is 17.9 Å². The quantitative estimate of drug-likeness (QED) is 0.893. The predicted octanol–water partition coefficient (Wildman–Crippen LogP) is 2.22. The van der Waals surface area contributed by atoms with E-state index in [2.05, 4.69) is 0 Å². The Balaban J connectivity index is 2.40. The van der Waals surface area contributed by atoms with Crippen molar-refractivity contribution >= 4 is 5.91 Å². The maximum atomic E-state index is 11.2. The predicted molar refractivity (Wildman–Crippen MR) is 68.9 cm³/mol. The largest absolute Gasteiger partial charge is 0.497 e. The lowest BCUT2D eigenvalue weighted by Gasteiger charge is -2.37. The molecule has 4 heteroatoms. The number of nitrogens with two attached hydrogens (primary N) is 1. The van der Waals surface area contributed by atoms with Crippen molar-refractivity contribution in [2.45, 2.75) is 38.2 Å². The maximum Gasteiger partial charge on any atom is 0.218 e. The van der Waals surface area contributed by atoms with E-state index in [0.29, 0.717) is 6.42 Å². The number of benzene rings is 1. The summed E-state index contributed by atoms with van der Waals surface area (Å²) in [5, 5.41) is 0. The molecule has 1 aliphatic heterocycles. The number of fused-ring (bicyclic) bond motifs is 1. The van der Waals surface area contributed by atoms with E-state index in [1.807, 2.05) is 32.0 Å². The molecule has 0 spiro atoms. The normalized spacial score (nSPS) is 20.7. The average molecular weight is 249 g/mol. The first-order chi connectivity index (χ1) is 8.41. The van der Waals surface area contributed by atoms with Gasteiger partial charge in [0.25, 0.3) is 0 Å². The summed E-state index contributed by atoms with van der Waals surface area (Å²) in [5.74, 6) is 1.40. The zero-order valence-corrected chi connectivity index (χ0v) is 11.0. The Morgan fingerprint density at radius 1 is 1.56 bits per heavy atom. The highest BCUT2D eigenvalue weighted by atomic mass is 16.5. The Morgan fingerprint density at radius 2 is 2.28 bits per heavy atom. The zero-order valence-electron chi connectivity index (χ0n) is 11.0. The van der Waals surface area contributed by atoms with E-state index >= 15 is 0 Å². The Hall–Kier alpha value is -1.71. The van der Waals surface area contributed by atoms with Gasteiger partial charge in [-0.3, -0.25) is 4.79 Å². The van der Waals surface area contributed by atoms with Gasteiger partial charge in [0.15, 0.2) is 0 Å². The van der Waals surface area contributed by atoms with Gasteiger partial charge in [-0.2, -0.15) is 0 Å². The number of primary amides is 1. The van der Waals surface area contributed by atoms with Crippen LogP contribution < -0.4 is 15.2 Å². The van der Waals surface area contributed by atoms with Gasteiger partial charge < -0.3 is 15.2 Å². The Bertz CT molecular complexity index is 468. The van der Waals surface area contributed by atoms with E-state index in [1.54, 1.807) is 7.11 Å². The second kappa shape index (κ2) is 4.52. The molecule has 1 aliphatic rings. The van der Waals surface area contributed by atoms with Crippen LogP contribution in [0.1, 0.15) is 38.2 Å². The highest BCUT2D eigenvalue weighted by Gasteiger charge is 2.34. The summed E-state index contributed by atoms with van der Waals surface area (Å²) in [6.45, 7) is 4.04. The second-order valence-electron chi connectivity index (χ2n) is 5.34. The van der Waals surface area contributed by atoms with Crippen LogP contribution >= 0.6 is 0 Å². The van der Waals surface area contributed by atoms with Crippen molar-refractivity contribution < 1.29 is 14.3 Å². The number of amides is 1. The van der Waals surface area contributed by atoms with Crippen LogP contribution in [0.3, 0.4) is 0 Å². The van der Waals surface area contributed by atoms with E-state index in [-0.39, 0.29) is 17.4 Å². The number of hydrogen-bond acceptors (Lipinski definition) is 3. The molecule has 1 heterocycles. The van der Waals surface area contributed by atoms with Crippen molar-refractivity contribution in [1.29, 1.82) is 0 Å². The highest BCUT2D eigenvalue weighted by molar-refractivity contribution is 5.75. The van der Waals surface area contributed by atoms with Crippen LogP contribution in [0.5, 0.6) is 11.5 Å². The molecule has 1 aromatic rings. The molecule has 0 saturated heterocycles. The lowest BCUT2D eigenvalue weighted by Crippen LogP contribution is -2.36. The van der Waals surface area contributed by atoms with Gasteiger partial charge >= 0.3 is 0 Å². The molecular formula is C14H19NO3.